The fourth-order valence-electron chi connectivity index (χ4n) is 1.51. The molecule has 0 saturated heterocycles. The van der Waals surface area contributed by atoms with E-state index in [9.17, 15) is 0 Å². The van der Waals surface area contributed by atoms with Crippen molar-refractivity contribution in [2.45, 2.75) is 19.3 Å². The van der Waals surface area contributed by atoms with Crippen LogP contribution in [0.2, 0.25) is 0 Å². The van der Waals surface area contributed by atoms with Gasteiger partial charge < -0.3 is 2.85 Å². The monoisotopic (exact) mass is 166 g/mol. The van der Waals surface area contributed by atoms with Crippen LogP contribution in [-0.4, -0.2) is 0 Å². The van der Waals surface area contributed by atoms with E-state index in [1.54, 1.807) is 11.1 Å². The molecule has 11 heavy (non-hydrogen) atoms. The molecule has 0 bridgehead atoms. The Morgan fingerprint density at radius 2 is 1.36 bits per heavy atom. The van der Waals surface area contributed by atoms with Crippen molar-refractivity contribution < 1.29 is 62.0 Å². The average molecular weight is 166 g/mol. The molecule has 0 aromatic heterocycles. The van der Waals surface area contributed by atoms with Crippen LogP contribution in [0.15, 0.2) is 24.3 Å². The van der Waals surface area contributed by atoms with Gasteiger partial charge in [0, 0.05) is 0 Å². The summed E-state index contributed by atoms with van der Waals surface area (Å²) in [6, 6.07) is 8.74. The minimum absolute atomic E-state index is 0. The summed E-state index contributed by atoms with van der Waals surface area (Å²) >= 11 is 0. The summed E-state index contributed by atoms with van der Waals surface area (Å²) in [6.45, 7) is 0. The standard InChI is InChI=1S/C9H10.2Na.2H/c1-2-5-9-7-3-6-8(9)4-1;;;;/h1-2,4-5H,3,6-7H2;;;;/q;2*+1;2*-1. The van der Waals surface area contributed by atoms with Crippen LogP contribution in [0.1, 0.15) is 20.4 Å². The van der Waals surface area contributed by atoms with Gasteiger partial charge in [0.15, 0.2) is 0 Å². The quantitative estimate of drug-likeness (QED) is 0.349. The Morgan fingerprint density at radius 3 is 1.82 bits per heavy atom. The Labute approximate surface area is 115 Å². The zero-order valence-electron chi connectivity index (χ0n) is 9.43. The van der Waals surface area contributed by atoms with Crippen molar-refractivity contribution >= 4 is 0 Å². The van der Waals surface area contributed by atoms with Crippen molar-refractivity contribution in [3.05, 3.63) is 35.4 Å². The van der Waals surface area contributed by atoms with Crippen LogP contribution < -0.4 is 59.1 Å². The first-order valence-corrected chi connectivity index (χ1v) is 3.53. The van der Waals surface area contributed by atoms with Crippen LogP contribution in [0.4, 0.5) is 0 Å². The smallest absolute Gasteiger partial charge is 1.00 e. The van der Waals surface area contributed by atoms with E-state index in [0.717, 1.165) is 0 Å². The molecule has 0 N–H and O–H groups in total. The molecule has 0 aliphatic heterocycles. The second-order valence-electron chi connectivity index (χ2n) is 2.62. The third-order valence-corrected chi connectivity index (χ3v) is 2.01. The van der Waals surface area contributed by atoms with Gasteiger partial charge >= 0.3 is 59.1 Å². The molecular formula is C9H12Na2. The topological polar surface area (TPSA) is 0 Å². The minimum atomic E-state index is 0. The van der Waals surface area contributed by atoms with Crippen molar-refractivity contribution in [2.75, 3.05) is 0 Å². The van der Waals surface area contributed by atoms with Crippen LogP contribution in [0.5, 0.6) is 0 Å². The molecule has 0 fully saturated rings. The summed E-state index contributed by atoms with van der Waals surface area (Å²) in [4.78, 5) is 0. The molecule has 1 aliphatic carbocycles. The van der Waals surface area contributed by atoms with Gasteiger partial charge in [0.2, 0.25) is 0 Å². The molecule has 0 unspecified atom stereocenters. The van der Waals surface area contributed by atoms with Gasteiger partial charge in [-0.15, -0.1) is 0 Å². The van der Waals surface area contributed by atoms with Crippen LogP contribution in [0, 0.1) is 0 Å². The molecule has 1 aliphatic rings. The first kappa shape index (κ1) is 12.2. The van der Waals surface area contributed by atoms with Gasteiger partial charge in [0.05, 0.1) is 0 Å². The Hall–Kier alpha value is 1.22. The second kappa shape index (κ2) is 5.80. The summed E-state index contributed by atoms with van der Waals surface area (Å²) in [5.74, 6) is 0. The molecule has 0 heterocycles. The molecule has 0 spiro atoms. The zero-order valence-corrected chi connectivity index (χ0v) is 11.4. The van der Waals surface area contributed by atoms with Crippen LogP contribution in [0.25, 0.3) is 0 Å². The molecule has 2 heteroatoms. The van der Waals surface area contributed by atoms with Crippen LogP contribution in [-0.2, 0) is 12.8 Å². The van der Waals surface area contributed by atoms with Gasteiger partial charge in [-0.1, -0.05) is 24.3 Å². The van der Waals surface area contributed by atoms with Crippen molar-refractivity contribution in [2.24, 2.45) is 0 Å². The molecule has 0 nitrogen and oxygen atoms in total. The minimum Gasteiger partial charge on any atom is -1.00 e. The van der Waals surface area contributed by atoms with Gasteiger partial charge in [-0.25, -0.2) is 0 Å². The fourth-order valence-corrected chi connectivity index (χ4v) is 1.51. The van der Waals surface area contributed by atoms with Crippen molar-refractivity contribution in [1.29, 1.82) is 0 Å². The second-order valence-corrected chi connectivity index (χ2v) is 2.62. The molecule has 0 radical (unpaired) electrons. The van der Waals surface area contributed by atoms with E-state index in [1.165, 1.54) is 19.3 Å². The van der Waals surface area contributed by atoms with Crippen molar-refractivity contribution in [1.82, 2.24) is 0 Å². The molecule has 0 amide bonds. The normalized spacial score (nSPS) is 12.7. The number of benzene rings is 1. The van der Waals surface area contributed by atoms with Crippen molar-refractivity contribution in [3.63, 3.8) is 0 Å². The van der Waals surface area contributed by atoms with E-state index in [2.05, 4.69) is 24.3 Å². The van der Waals surface area contributed by atoms with E-state index in [1.807, 2.05) is 0 Å². The number of hydrogen-bond donors (Lipinski definition) is 0. The molecule has 1 aromatic rings. The summed E-state index contributed by atoms with van der Waals surface area (Å²) in [5, 5.41) is 0. The predicted octanol–water partition coefficient (Wildman–Crippen LogP) is -3.59. The Morgan fingerprint density at radius 1 is 0.909 bits per heavy atom. The molecule has 2 rings (SSSR count). The van der Waals surface area contributed by atoms with E-state index in [-0.39, 0.29) is 62.0 Å². The largest absolute Gasteiger partial charge is 1.00 e. The summed E-state index contributed by atoms with van der Waals surface area (Å²) < 4.78 is 0. The first-order chi connectivity index (χ1) is 4.47. The van der Waals surface area contributed by atoms with Gasteiger partial charge in [0.1, 0.15) is 0 Å². The average Bonchev–Trinajstić information content (AvgIpc) is 2.33. The Balaban J connectivity index is -0.000000250. The van der Waals surface area contributed by atoms with E-state index < -0.39 is 0 Å². The van der Waals surface area contributed by atoms with E-state index in [0.29, 0.717) is 0 Å². The Bertz CT molecular complexity index is 206. The fraction of sp³-hybridized carbons (Fsp3) is 0.333. The number of aryl methyl sites for hydroxylation is 2. The van der Waals surface area contributed by atoms with Gasteiger partial charge in [-0.05, 0) is 30.4 Å². The zero-order chi connectivity index (χ0) is 6.10. The predicted molar refractivity (Wildman–Crippen MR) is 40.7 cm³/mol. The summed E-state index contributed by atoms with van der Waals surface area (Å²) in [7, 11) is 0. The molecule has 1 aromatic carbocycles. The maximum Gasteiger partial charge on any atom is 1.00 e. The van der Waals surface area contributed by atoms with Crippen LogP contribution >= 0.6 is 0 Å². The third-order valence-electron chi connectivity index (χ3n) is 2.01. The maximum atomic E-state index is 2.24. The summed E-state index contributed by atoms with van der Waals surface area (Å²) in [6.07, 6.45) is 3.96. The van der Waals surface area contributed by atoms with Gasteiger partial charge in [-0.2, -0.15) is 0 Å². The van der Waals surface area contributed by atoms with Crippen LogP contribution in [0.3, 0.4) is 0 Å². The molecule has 0 saturated carbocycles. The molecule has 0 atom stereocenters. The molecule has 50 valence electrons. The Kier molecular flexibility index (Phi) is 6.44. The number of hydrogen-bond acceptors (Lipinski definition) is 0. The number of fused-ring (bicyclic) bond motifs is 1. The molecular weight excluding hydrogens is 154 g/mol. The summed E-state index contributed by atoms with van der Waals surface area (Å²) in [5.41, 5.74) is 3.13. The van der Waals surface area contributed by atoms with Gasteiger partial charge in [-0.3, -0.25) is 0 Å². The SMILES string of the molecule is [H-].[H-].[Na+].[Na+].c1ccc2c(c1)CCC2. The number of rotatable bonds is 0. The maximum absolute atomic E-state index is 2.24. The van der Waals surface area contributed by atoms with E-state index >= 15 is 0 Å². The first-order valence-electron chi connectivity index (χ1n) is 3.53. The van der Waals surface area contributed by atoms with Gasteiger partial charge in [0.25, 0.3) is 0 Å². The van der Waals surface area contributed by atoms with E-state index in [4.69, 9.17) is 0 Å². The third kappa shape index (κ3) is 2.87. The van der Waals surface area contributed by atoms with Crippen molar-refractivity contribution in [3.8, 4) is 0 Å².